The molecule has 0 aromatic heterocycles. The zero-order valence-electron chi connectivity index (χ0n) is 11.6. The highest BCUT2D eigenvalue weighted by molar-refractivity contribution is 5.96. The van der Waals surface area contributed by atoms with Gasteiger partial charge < -0.3 is 15.8 Å². The summed E-state index contributed by atoms with van der Waals surface area (Å²) in [6, 6.07) is 5.36. The lowest BCUT2D eigenvalue weighted by atomic mass is 10.1. The van der Waals surface area contributed by atoms with Gasteiger partial charge in [0.25, 0.3) is 5.91 Å². The molecule has 1 aliphatic rings. The van der Waals surface area contributed by atoms with E-state index in [0.29, 0.717) is 11.3 Å². The van der Waals surface area contributed by atoms with Crippen molar-refractivity contribution >= 4 is 17.6 Å². The highest BCUT2D eigenvalue weighted by Crippen LogP contribution is 2.17. The normalized spacial score (nSPS) is 15.1. The highest BCUT2D eigenvalue weighted by Gasteiger charge is 2.18. The summed E-state index contributed by atoms with van der Waals surface area (Å²) in [5.74, 6) is -0.816. The standard InChI is InChI=1S/C15H20N2O3/c1-10-6-7-13(16)12(8-10)15(19)20-9-14(18)17-11-4-2-3-5-11/h6-8,11H,2-5,9,16H2,1H3,(H,17,18). The number of benzene rings is 1. The van der Waals surface area contributed by atoms with E-state index in [0.717, 1.165) is 31.2 Å². The van der Waals surface area contributed by atoms with Gasteiger partial charge in [-0.05, 0) is 31.9 Å². The van der Waals surface area contributed by atoms with Crippen molar-refractivity contribution in [3.05, 3.63) is 29.3 Å². The summed E-state index contributed by atoms with van der Waals surface area (Å²) in [6.07, 6.45) is 4.30. The number of carbonyl (C=O) groups is 2. The molecule has 1 saturated carbocycles. The number of nitrogen functional groups attached to an aromatic ring is 1. The van der Waals surface area contributed by atoms with E-state index < -0.39 is 5.97 Å². The number of nitrogens with two attached hydrogens (primary N) is 1. The zero-order chi connectivity index (χ0) is 14.5. The van der Waals surface area contributed by atoms with Gasteiger partial charge in [0.2, 0.25) is 0 Å². The Balaban J connectivity index is 1.85. The molecular formula is C15H20N2O3. The zero-order valence-corrected chi connectivity index (χ0v) is 11.6. The molecule has 0 unspecified atom stereocenters. The van der Waals surface area contributed by atoms with E-state index in [4.69, 9.17) is 10.5 Å². The number of hydrogen-bond acceptors (Lipinski definition) is 4. The monoisotopic (exact) mass is 276 g/mol. The van der Waals surface area contributed by atoms with Crippen LogP contribution in [0.4, 0.5) is 5.69 Å². The van der Waals surface area contributed by atoms with Gasteiger partial charge in [-0.25, -0.2) is 4.79 Å². The molecule has 0 atom stereocenters. The molecule has 0 bridgehead atoms. The Morgan fingerprint density at radius 3 is 2.75 bits per heavy atom. The molecule has 108 valence electrons. The SMILES string of the molecule is Cc1ccc(N)c(C(=O)OCC(=O)NC2CCCC2)c1. The molecule has 20 heavy (non-hydrogen) atoms. The Morgan fingerprint density at radius 2 is 2.05 bits per heavy atom. The fourth-order valence-electron chi connectivity index (χ4n) is 2.40. The van der Waals surface area contributed by atoms with E-state index in [1.165, 1.54) is 0 Å². The molecule has 1 aliphatic carbocycles. The number of carbonyl (C=O) groups excluding carboxylic acids is 2. The van der Waals surface area contributed by atoms with E-state index in [1.807, 2.05) is 13.0 Å². The molecule has 0 aliphatic heterocycles. The molecule has 0 saturated heterocycles. The summed E-state index contributed by atoms with van der Waals surface area (Å²) in [7, 11) is 0. The van der Waals surface area contributed by atoms with E-state index in [2.05, 4.69) is 5.32 Å². The Morgan fingerprint density at radius 1 is 1.35 bits per heavy atom. The van der Waals surface area contributed by atoms with Crippen LogP contribution in [0.1, 0.15) is 41.6 Å². The van der Waals surface area contributed by atoms with E-state index in [1.54, 1.807) is 12.1 Å². The van der Waals surface area contributed by atoms with Crippen LogP contribution in [0, 0.1) is 6.92 Å². The fraction of sp³-hybridized carbons (Fsp3) is 0.467. The third-order valence-electron chi connectivity index (χ3n) is 3.48. The molecule has 0 radical (unpaired) electrons. The van der Waals surface area contributed by atoms with Gasteiger partial charge in [0.1, 0.15) is 0 Å². The number of nitrogens with one attached hydrogen (secondary N) is 1. The maximum atomic E-state index is 11.9. The highest BCUT2D eigenvalue weighted by atomic mass is 16.5. The van der Waals surface area contributed by atoms with Crippen LogP contribution in [0.15, 0.2) is 18.2 Å². The van der Waals surface area contributed by atoms with Crippen molar-refractivity contribution < 1.29 is 14.3 Å². The minimum Gasteiger partial charge on any atom is -0.452 e. The van der Waals surface area contributed by atoms with Crippen molar-refractivity contribution in [1.82, 2.24) is 5.32 Å². The van der Waals surface area contributed by atoms with Crippen molar-refractivity contribution in [2.75, 3.05) is 12.3 Å². The molecule has 0 spiro atoms. The van der Waals surface area contributed by atoms with Gasteiger partial charge in [-0.3, -0.25) is 4.79 Å². The first-order valence-electron chi connectivity index (χ1n) is 6.89. The Kier molecular flexibility index (Phi) is 4.61. The molecule has 1 amide bonds. The molecule has 2 rings (SSSR count). The number of ether oxygens (including phenoxy) is 1. The van der Waals surface area contributed by atoms with Crippen molar-refractivity contribution in [3.8, 4) is 0 Å². The van der Waals surface area contributed by atoms with Gasteiger partial charge in [0.15, 0.2) is 6.61 Å². The Bertz CT molecular complexity index is 508. The first-order chi connectivity index (χ1) is 9.56. The average molecular weight is 276 g/mol. The van der Waals surface area contributed by atoms with Crippen molar-refractivity contribution in [2.45, 2.75) is 38.6 Å². The Hall–Kier alpha value is -2.04. The van der Waals surface area contributed by atoms with Crippen LogP contribution in [-0.4, -0.2) is 24.5 Å². The smallest absolute Gasteiger partial charge is 0.340 e. The second-order valence-corrected chi connectivity index (χ2v) is 5.22. The first kappa shape index (κ1) is 14.4. The van der Waals surface area contributed by atoms with E-state index >= 15 is 0 Å². The first-order valence-corrected chi connectivity index (χ1v) is 6.89. The third-order valence-corrected chi connectivity index (χ3v) is 3.48. The minimum absolute atomic E-state index is 0.227. The van der Waals surface area contributed by atoms with Crippen LogP contribution in [-0.2, 0) is 9.53 Å². The predicted octanol–water partition coefficient (Wildman–Crippen LogP) is 1.79. The van der Waals surface area contributed by atoms with Crippen LogP contribution in [0.25, 0.3) is 0 Å². The maximum absolute atomic E-state index is 11.9. The topological polar surface area (TPSA) is 81.4 Å². The fourth-order valence-corrected chi connectivity index (χ4v) is 2.40. The van der Waals surface area contributed by atoms with Gasteiger partial charge in [-0.2, -0.15) is 0 Å². The van der Waals surface area contributed by atoms with Gasteiger partial charge in [0, 0.05) is 11.7 Å². The van der Waals surface area contributed by atoms with Crippen molar-refractivity contribution in [2.24, 2.45) is 0 Å². The number of anilines is 1. The molecule has 5 nitrogen and oxygen atoms in total. The van der Waals surface area contributed by atoms with Crippen LogP contribution in [0.3, 0.4) is 0 Å². The second kappa shape index (κ2) is 6.41. The third kappa shape index (κ3) is 3.73. The van der Waals surface area contributed by atoms with Crippen LogP contribution < -0.4 is 11.1 Å². The quantitative estimate of drug-likeness (QED) is 0.649. The molecule has 1 aromatic carbocycles. The molecule has 0 heterocycles. The lowest BCUT2D eigenvalue weighted by Crippen LogP contribution is -2.35. The van der Waals surface area contributed by atoms with Crippen LogP contribution in [0.5, 0.6) is 0 Å². The molecule has 5 heteroatoms. The number of rotatable bonds is 4. The van der Waals surface area contributed by atoms with E-state index in [9.17, 15) is 9.59 Å². The van der Waals surface area contributed by atoms with Gasteiger partial charge in [0.05, 0.1) is 5.56 Å². The summed E-state index contributed by atoms with van der Waals surface area (Å²) >= 11 is 0. The molecular weight excluding hydrogens is 256 g/mol. The predicted molar refractivity (Wildman–Crippen MR) is 76.3 cm³/mol. The Labute approximate surface area is 118 Å². The summed E-state index contributed by atoms with van der Waals surface area (Å²) in [4.78, 5) is 23.5. The largest absolute Gasteiger partial charge is 0.452 e. The number of amides is 1. The van der Waals surface area contributed by atoms with Gasteiger partial charge >= 0.3 is 5.97 Å². The maximum Gasteiger partial charge on any atom is 0.340 e. The van der Waals surface area contributed by atoms with E-state index in [-0.39, 0.29) is 18.6 Å². The average Bonchev–Trinajstić information content (AvgIpc) is 2.91. The lowest BCUT2D eigenvalue weighted by Gasteiger charge is -2.12. The lowest BCUT2D eigenvalue weighted by molar-refractivity contribution is -0.124. The van der Waals surface area contributed by atoms with Crippen molar-refractivity contribution in [3.63, 3.8) is 0 Å². The number of hydrogen-bond donors (Lipinski definition) is 2. The minimum atomic E-state index is -0.562. The number of esters is 1. The summed E-state index contributed by atoms with van der Waals surface area (Å²) < 4.78 is 5.01. The van der Waals surface area contributed by atoms with Crippen LogP contribution >= 0.6 is 0 Å². The summed E-state index contributed by atoms with van der Waals surface area (Å²) in [5, 5.41) is 2.86. The van der Waals surface area contributed by atoms with Gasteiger partial charge in [-0.1, -0.05) is 24.5 Å². The van der Waals surface area contributed by atoms with Gasteiger partial charge in [-0.15, -0.1) is 0 Å². The summed E-state index contributed by atoms with van der Waals surface area (Å²) in [6.45, 7) is 1.60. The molecule has 3 N–H and O–H groups in total. The number of aryl methyl sites for hydroxylation is 1. The summed E-state index contributed by atoms with van der Waals surface area (Å²) in [5.41, 5.74) is 7.31. The molecule has 1 fully saturated rings. The molecule has 1 aromatic rings. The second-order valence-electron chi connectivity index (χ2n) is 5.22. The van der Waals surface area contributed by atoms with Crippen LogP contribution in [0.2, 0.25) is 0 Å². The van der Waals surface area contributed by atoms with Crippen molar-refractivity contribution in [1.29, 1.82) is 0 Å².